The lowest BCUT2D eigenvalue weighted by atomic mass is 10.1. The number of esters is 1. The number of benzene rings is 3. The molecule has 0 aliphatic carbocycles. The average Bonchev–Trinajstić information content (AvgIpc) is 3.18. The quantitative estimate of drug-likeness (QED) is 0.193. The number of halogens is 1. The van der Waals surface area contributed by atoms with E-state index in [1.165, 1.54) is 31.4 Å². The fourth-order valence-electron chi connectivity index (χ4n) is 3.33. The molecule has 4 rings (SSSR count). The summed E-state index contributed by atoms with van der Waals surface area (Å²) in [6.07, 6.45) is 1.53. The van der Waals surface area contributed by atoms with Gasteiger partial charge in [0.05, 0.1) is 12.0 Å². The van der Waals surface area contributed by atoms with E-state index < -0.39 is 10.9 Å². The number of nitro groups is 1. The van der Waals surface area contributed by atoms with Crippen LogP contribution >= 0.6 is 11.6 Å². The molecule has 34 heavy (non-hydrogen) atoms. The van der Waals surface area contributed by atoms with Crippen molar-refractivity contribution >= 4 is 35.2 Å². The number of hydrogen-bond donors (Lipinski definition) is 0. The first-order valence-electron chi connectivity index (χ1n) is 10.2. The van der Waals surface area contributed by atoms with E-state index in [9.17, 15) is 14.9 Å². The van der Waals surface area contributed by atoms with Gasteiger partial charge in [0.1, 0.15) is 11.6 Å². The van der Waals surface area contributed by atoms with Crippen LogP contribution in [0.2, 0.25) is 5.02 Å². The average molecular weight is 479 g/mol. The molecule has 0 unspecified atom stereocenters. The van der Waals surface area contributed by atoms with Crippen LogP contribution in [0, 0.1) is 17.0 Å². The Morgan fingerprint density at radius 1 is 1.12 bits per heavy atom. The fraction of sp³-hybridized carbons (Fsp3) is 0.120. The molecule has 0 saturated carbocycles. The summed E-state index contributed by atoms with van der Waals surface area (Å²) in [7, 11) is 1.53. The van der Waals surface area contributed by atoms with Gasteiger partial charge < -0.3 is 14.2 Å². The molecule has 0 aromatic heterocycles. The predicted octanol–water partition coefficient (Wildman–Crippen LogP) is 5.49. The van der Waals surface area contributed by atoms with Crippen LogP contribution in [-0.2, 0) is 16.1 Å². The minimum atomic E-state index is -0.675. The molecule has 0 bridgehead atoms. The smallest absolute Gasteiger partial charge is 0.363 e. The van der Waals surface area contributed by atoms with E-state index in [1.807, 2.05) is 31.2 Å². The first-order chi connectivity index (χ1) is 16.3. The van der Waals surface area contributed by atoms with Gasteiger partial charge in [-0.1, -0.05) is 47.5 Å². The van der Waals surface area contributed by atoms with Gasteiger partial charge in [0.25, 0.3) is 5.69 Å². The van der Waals surface area contributed by atoms with Crippen molar-refractivity contribution in [1.82, 2.24) is 0 Å². The van der Waals surface area contributed by atoms with Gasteiger partial charge in [-0.15, -0.1) is 0 Å². The van der Waals surface area contributed by atoms with E-state index in [0.717, 1.165) is 11.1 Å². The van der Waals surface area contributed by atoms with Crippen LogP contribution < -0.4 is 9.47 Å². The molecule has 0 spiro atoms. The third kappa shape index (κ3) is 5.07. The summed E-state index contributed by atoms with van der Waals surface area (Å²) in [5.74, 6) is 0.330. The Morgan fingerprint density at radius 3 is 2.68 bits per heavy atom. The highest BCUT2D eigenvalue weighted by atomic mass is 35.5. The second-order valence-corrected chi connectivity index (χ2v) is 7.85. The highest BCUT2D eigenvalue weighted by Crippen LogP contribution is 2.31. The summed E-state index contributed by atoms with van der Waals surface area (Å²) < 4.78 is 16.5. The SMILES string of the molecule is COc1cc(/C=C2\N=C(c3ccc(Cl)c([N+](=O)[O-])c3)OC2=O)ccc1OCc1cccc(C)c1. The number of aryl methyl sites for hydroxylation is 1. The van der Waals surface area contributed by atoms with Gasteiger partial charge in [0.15, 0.2) is 17.2 Å². The second-order valence-electron chi connectivity index (χ2n) is 7.45. The topological polar surface area (TPSA) is 100 Å². The molecule has 1 aliphatic rings. The van der Waals surface area contributed by atoms with Crippen LogP contribution in [0.3, 0.4) is 0 Å². The normalized spacial score (nSPS) is 14.0. The Kier molecular flexibility index (Phi) is 6.60. The summed E-state index contributed by atoms with van der Waals surface area (Å²) in [5, 5.41) is 11.1. The summed E-state index contributed by atoms with van der Waals surface area (Å²) in [6.45, 7) is 2.40. The van der Waals surface area contributed by atoms with Crippen LogP contribution in [0.5, 0.6) is 11.5 Å². The molecule has 0 N–H and O–H groups in total. The van der Waals surface area contributed by atoms with E-state index in [2.05, 4.69) is 4.99 Å². The molecule has 8 nitrogen and oxygen atoms in total. The van der Waals surface area contributed by atoms with Crippen molar-refractivity contribution in [2.75, 3.05) is 7.11 Å². The van der Waals surface area contributed by atoms with Crippen molar-refractivity contribution in [3.8, 4) is 11.5 Å². The number of cyclic esters (lactones) is 1. The van der Waals surface area contributed by atoms with Gasteiger partial charge >= 0.3 is 5.97 Å². The first kappa shape index (κ1) is 23.0. The van der Waals surface area contributed by atoms with Gasteiger partial charge in [0.2, 0.25) is 5.90 Å². The van der Waals surface area contributed by atoms with E-state index in [-0.39, 0.29) is 27.9 Å². The van der Waals surface area contributed by atoms with E-state index >= 15 is 0 Å². The van der Waals surface area contributed by atoms with Crippen molar-refractivity contribution < 1.29 is 23.9 Å². The molecule has 0 radical (unpaired) electrons. The molecule has 3 aromatic carbocycles. The minimum absolute atomic E-state index is 0.0220. The van der Waals surface area contributed by atoms with Crippen molar-refractivity contribution in [1.29, 1.82) is 0 Å². The number of aliphatic imine (C=N–C) groups is 1. The standard InChI is InChI=1S/C25H19ClN2O6/c1-15-4-3-5-17(10-15)14-33-22-9-6-16(12-23(22)32-2)11-20-25(29)34-24(27-20)18-7-8-19(26)21(13-18)28(30)31/h3-13H,14H2,1-2H3/b20-11-. The van der Waals surface area contributed by atoms with E-state index in [1.54, 1.807) is 18.2 Å². The van der Waals surface area contributed by atoms with Crippen LogP contribution in [0.4, 0.5) is 5.69 Å². The zero-order valence-electron chi connectivity index (χ0n) is 18.3. The molecule has 1 aliphatic heterocycles. The molecule has 9 heteroatoms. The van der Waals surface area contributed by atoms with Crippen molar-refractivity contribution in [2.45, 2.75) is 13.5 Å². The van der Waals surface area contributed by atoms with Crippen LogP contribution in [0.25, 0.3) is 6.08 Å². The van der Waals surface area contributed by atoms with Crippen molar-refractivity contribution in [2.24, 2.45) is 4.99 Å². The molecule has 0 atom stereocenters. The maximum Gasteiger partial charge on any atom is 0.363 e. The second kappa shape index (κ2) is 9.76. The lowest BCUT2D eigenvalue weighted by molar-refractivity contribution is -0.384. The number of nitro benzene ring substituents is 1. The zero-order valence-corrected chi connectivity index (χ0v) is 19.0. The minimum Gasteiger partial charge on any atom is -0.493 e. The van der Waals surface area contributed by atoms with Gasteiger partial charge in [-0.2, -0.15) is 0 Å². The molecule has 3 aromatic rings. The van der Waals surface area contributed by atoms with Crippen LogP contribution in [-0.4, -0.2) is 23.9 Å². The number of rotatable bonds is 7. The first-order valence-corrected chi connectivity index (χ1v) is 10.5. The number of ether oxygens (including phenoxy) is 3. The Hall–Kier alpha value is -4.17. The zero-order chi connectivity index (χ0) is 24.2. The molecule has 1 heterocycles. The number of carbonyl (C=O) groups excluding carboxylic acids is 1. The van der Waals surface area contributed by atoms with Crippen molar-refractivity contribution in [3.63, 3.8) is 0 Å². The lowest BCUT2D eigenvalue weighted by Gasteiger charge is -2.12. The van der Waals surface area contributed by atoms with Crippen LogP contribution in [0.1, 0.15) is 22.3 Å². The fourth-order valence-corrected chi connectivity index (χ4v) is 3.52. The Bertz CT molecular complexity index is 1350. The van der Waals surface area contributed by atoms with Gasteiger partial charge in [-0.05, 0) is 48.4 Å². The van der Waals surface area contributed by atoms with E-state index in [4.69, 9.17) is 25.8 Å². The number of nitrogens with zero attached hydrogens (tertiary/aromatic N) is 2. The molecule has 172 valence electrons. The van der Waals surface area contributed by atoms with E-state index in [0.29, 0.717) is 23.7 Å². The molecular formula is C25H19ClN2O6. The summed E-state index contributed by atoms with van der Waals surface area (Å²) >= 11 is 5.85. The number of methoxy groups -OCH3 is 1. The van der Waals surface area contributed by atoms with Crippen molar-refractivity contribution in [3.05, 3.63) is 104 Å². The summed E-state index contributed by atoms with van der Waals surface area (Å²) in [5.41, 5.74) is 2.83. The maximum atomic E-state index is 12.3. The molecule has 0 fully saturated rings. The predicted molar refractivity (Wildman–Crippen MR) is 127 cm³/mol. The summed E-state index contributed by atoms with van der Waals surface area (Å²) in [4.78, 5) is 27.0. The van der Waals surface area contributed by atoms with Gasteiger partial charge in [0, 0.05) is 11.6 Å². The highest BCUT2D eigenvalue weighted by Gasteiger charge is 2.26. The summed E-state index contributed by atoms with van der Waals surface area (Å²) in [6, 6.07) is 17.3. The third-order valence-corrected chi connectivity index (χ3v) is 5.30. The molecule has 0 saturated heterocycles. The van der Waals surface area contributed by atoms with Gasteiger partial charge in [-0.3, -0.25) is 10.1 Å². The Balaban J connectivity index is 1.56. The third-order valence-electron chi connectivity index (χ3n) is 4.98. The Labute approximate surface area is 200 Å². The molecular weight excluding hydrogens is 460 g/mol. The Morgan fingerprint density at radius 2 is 1.94 bits per heavy atom. The highest BCUT2D eigenvalue weighted by molar-refractivity contribution is 6.32. The number of hydrogen-bond acceptors (Lipinski definition) is 7. The molecule has 0 amide bonds. The number of carbonyl (C=O) groups is 1. The van der Waals surface area contributed by atoms with Gasteiger partial charge in [-0.25, -0.2) is 9.79 Å². The lowest BCUT2D eigenvalue weighted by Crippen LogP contribution is -2.06. The monoisotopic (exact) mass is 478 g/mol. The maximum absolute atomic E-state index is 12.3. The van der Waals surface area contributed by atoms with Crippen LogP contribution in [0.15, 0.2) is 71.4 Å². The largest absolute Gasteiger partial charge is 0.493 e.